The number of H-pyrrole nitrogens is 2. The van der Waals surface area contributed by atoms with Gasteiger partial charge in [-0.2, -0.15) is 0 Å². The molecule has 6 heteroatoms. The highest BCUT2D eigenvalue weighted by Crippen LogP contribution is 2.40. The number of nitrogens with zero attached hydrogens (tertiary/aromatic N) is 2. The smallest absolute Gasteiger partial charge is 0.255 e. The number of aromatic nitrogens is 4. The zero-order valence-corrected chi connectivity index (χ0v) is 16.0. The highest BCUT2D eigenvalue weighted by Gasteiger charge is 2.29. The van der Waals surface area contributed by atoms with Crippen molar-refractivity contribution in [3.8, 4) is 0 Å². The number of hydrogen-bond donors (Lipinski definition) is 2. The van der Waals surface area contributed by atoms with E-state index in [2.05, 4.69) is 44.2 Å². The van der Waals surface area contributed by atoms with Crippen LogP contribution in [0.4, 0.5) is 0 Å². The first-order valence-corrected chi connectivity index (χ1v) is 10.1. The van der Waals surface area contributed by atoms with Crippen molar-refractivity contribution in [2.75, 3.05) is 0 Å². The molecule has 1 saturated carbocycles. The zero-order valence-electron chi connectivity index (χ0n) is 15.2. The van der Waals surface area contributed by atoms with E-state index >= 15 is 0 Å². The number of rotatable bonds is 4. The standard InChI is InChI=1S/C21H24N4OS/c26-20-17(13-18-22-11-4-12-23-18)19(24-21(27)25-20)16-9-7-15(8-10-16)14-5-2-1-3-6-14/h1-5,11-12,14-16H,6-10,13H2,(H2,24,25,26,27)/t14?,15-,16-. The summed E-state index contributed by atoms with van der Waals surface area (Å²) in [5.74, 6) is 2.38. The monoisotopic (exact) mass is 380 g/mol. The van der Waals surface area contributed by atoms with E-state index in [4.69, 9.17) is 12.2 Å². The molecule has 2 aliphatic carbocycles. The lowest BCUT2D eigenvalue weighted by atomic mass is 9.72. The lowest BCUT2D eigenvalue weighted by Gasteiger charge is -2.33. The highest BCUT2D eigenvalue weighted by atomic mass is 32.1. The SMILES string of the molecule is O=c1[nH]c(=S)[nH]c([C@H]2CC[C@H](C3C=CC=CC3)CC2)c1Cc1ncccn1. The lowest BCUT2D eigenvalue weighted by molar-refractivity contribution is 0.262. The first-order valence-electron chi connectivity index (χ1n) is 9.65. The third-order valence-electron chi connectivity index (χ3n) is 5.83. The Labute approximate surface area is 163 Å². The van der Waals surface area contributed by atoms with Crippen molar-refractivity contribution in [3.63, 3.8) is 0 Å². The zero-order chi connectivity index (χ0) is 18.6. The Morgan fingerprint density at radius 3 is 2.56 bits per heavy atom. The van der Waals surface area contributed by atoms with Crippen molar-refractivity contribution in [1.82, 2.24) is 19.9 Å². The van der Waals surface area contributed by atoms with Crippen LogP contribution in [0.2, 0.25) is 0 Å². The minimum absolute atomic E-state index is 0.122. The van der Waals surface area contributed by atoms with E-state index in [-0.39, 0.29) is 5.56 Å². The minimum Gasteiger partial charge on any atom is -0.335 e. The Morgan fingerprint density at radius 1 is 1.07 bits per heavy atom. The van der Waals surface area contributed by atoms with Gasteiger partial charge in [-0.1, -0.05) is 24.3 Å². The molecule has 1 unspecified atom stereocenters. The van der Waals surface area contributed by atoms with Crippen LogP contribution in [0.5, 0.6) is 0 Å². The maximum absolute atomic E-state index is 12.6. The van der Waals surface area contributed by atoms with Crippen LogP contribution in [-0.2, 0) is 6.42 Å². The summed E-state index contributed by atoms with van der Waals surface area (Å²) >= 11 is 5.25. The Balaban J connectivity index is 1.55. The summed E-state index contributed by atoms with van der Waals surface area (Å²) in [6.45, 7) is 0. The van der Waals surface area contributed by atoms with Crippen LogP contribution in [0.1, 0.15) is 55.1 Å². The van der Waals surface area contributed by atoms with Crippen molar-refractivity contribution >= 4 is 12.2 Å². The molecule has 5 nitrogen and oxygen atoms in total. The van der Waals surface area contributed by atoms with Crippen LogP contribution in [-0.4, -0.2) is 19.9 Å². The molecule has 2 aliphatic rings. The van der Waals surface area contributed by atoms with Crippen molar-refractivity contribution in [2.24, 2.45) is 11.8 Å². The fourth-order valence-electron chi connectivity index (χ4n) is 4.42. The van der Waals surface area contributed by atoms with E-state index in [1.165, 1.54) is 12.8 Å². The molecule has 27 heavy (non-hydrogen) atoms. The normalized spacial score (nSPS) is 24.8. The number of hydrogen-bond acceptors (Lipinski definition) is 4. The van der Waals surface area contributed by atoms with Crippen LogP contribution >= 0.6 is 12.2 Å². The molecule has 0 saturated heterocycles. The quantitative estimate of drug-likeness (QED) is 0.779. The average Bonchev–Trinajstić information content (AvgIpc) is 2.71. The maximum Gasteiger partial charge on any atom is 0.255 e. The van der Waals surface area contributed by atoms with Gasteiger partial charge in [0.05, 0.1) is 0 Å². The third kappa shape index (κ3) is 4.16. The third-order valence-corrected chi connectivity index (χ3v) is 6.03. The molecule has 1 atom stereocenters. The van der Waals surface area contributed by atoms with Gasteiger partial charge in [0.2, 0.25) is 0 Å². The van der Waals surface area contributed by atoms with Gasteiger partial charge in [0.15, 0.2) is 4.77 Å². The maximum atomic E-state index is 12.6. The molecule has 1 fully saturated rings. The number of aromatic amines is 2. The van der Waals surface area contributed by atoms with E-state index in [9.17, 15) is 4.79 Å². The predicted octanol–water partition coefficient (Wildman–Crippen LogP) is 4.22. The second kappa shape index (κ2) is 8.13. The number of allylic oxidation sites excluding steroid dienone is 4. The average molecular weight is 381 g/mol. The van der Waals surface area contributed by atoms with Crippen molar-refractivity contribution < 1.29 is 0 Å². The molecule has 0 spiro atoms. The Kier molecular flexibility index (Phi) is 5.43. The van der Waals surface area contributed by atoms with Gasteiger partial charge >= 0.3 is 0 Å². The number of nitrogens with one attached hydrogen (secondary N) is 2. The molecule has 0 amide bonds. The predicted molar refractivity (Wildman–Crippen MR) is 108 cm³/mol. The van der Waals surface area contributed by atoms with E-state index in [1.54, 1.807) is 18.5 Å². The van der Waals surface area contributed by atoms with E-state index in [0.717, 1.165) is 36.4 Å². The Morgan fingerprint density at radius 2 is 1.85 bits per heavy atom. The van der Waals surface area contributed by atoms with Gasteiger partial charge in [0.25, 0.3) is 5.56 Å². The van der Waals surface area contributed by atoms with Gasteiger partial charge in [0, 0.05) is 30.1 Å². The lowest BCUT2D eigenvalue weighted by Crippen LogP contribution is -2.25. The summed E-state index contributed by atoms with van der Waals surface area (Å²) in [6, 6.07) is 1.78. The summed E-state index contributed by atoms with van der Waals surface area (Å²) in [5, 5.41) is 0. The molecule has 2 N–H and O–H groups in total. The fourth-order valence-corrected chi connectivity index (χ4v) is 4.62. The van der Waals surface area contributed by atoms with Crippen LogP contribution in [0.3, 0.4) is 0 Å². The molecule has 0 aliphatic heterocycles. The van der Waals surface area contributed by atoms with Gasteiger partial charge in [-0.15, -0.1) is 0 Å². The summed E-state index contributed by atoms with van der Waals surface area (Å²) in [7, 11) is 0. The van der Waals surface area contributed by atoms with Crippen LogP contribution in [0, 0.1) is 16.6 Å². The molecule has 4 rings (SSSR count). The van der Waals surface area contributed by atoms with Crippen molar-refractivity contribution in [1.29, 1.82) is 0 Å². The largest absolute Gasteiger partial charge is 0.335 e. The van der Waals surface area contributed by atoms with E-state index < -0.39 is 0 Å². The molecular weight excluding hydrogens is 356 g/mol. The molecule has 2 aromatic heterocycles. The van der Waals surface area contributed by atoms with Crippen molar-refractivity contribution in [2.45, 2.75) is 44.4 Å². The molecule has 0 radical (unpaired) electrons. The molecule has 0 bridgehead atoms. The molecular formula is C21H24N4OS. The first kappa shape index (κ1) is 18.0. The van der Waals surface area contributed by atoms with Crippen LogP contribution < -0.4 is 5.56 Å². The van der Waals surface area contributed by atoms with Gasteiger partial charge < -0.3 is 4.98 Å². The second-order valence-electron chi connectivity index (χ2n) is 7.47. The highest BCUT2D eigenvalue weighted by molar-refractivity contribution is 7.71. The van der Waals surface area contributed by atoms with Gasteiger partial charge in [-0.25, -0.2) is 9.97 Å². The molecule has 0 aromatic carbocycles. The summed E-state index contributed by atoms with van der Waals surface area (Å²) < 4.78 is 0.398. The summed E-state index contributed by atoms with van der Waals surface area (Å²) in [4.78, 5) is 27.2. The second-order valence-corrected chi connectivity index (χ2v) is 7.87. The topological polar surface area (TPSA) is 74.4 Å². The van der Waals surface area contributed by atoms with Gasteiger partial charge in [0.1, 0.15) is 5.82 Å². The van der Waals surface area contributed by atoms with E-state index in [1.807, 2.05) is 0 Å². The van der Waals surface area contributed by atoms with Crippen LogP contribution in [0.25, 0.3) is 0 Å². The fraction of sp³-hybridized carbons (Fsp3) is 0.429. The molecule has 140 valence electrons. The van der Waals surface area contributed by atoms with Gasteiger partial charge in [-0.3, -0.25) is 9.78 Å². The van der Waals surface area contributed by atoms with Crippen molar-refractivity contribution in [3.05, 3.63) is 75.0 Å². The minimum atomic E-state index is -0.122. The molecule has 2 aromatic rings. The Bertz CT molecular complexity index is 952. The van der Waals surface area contributed by atoms with Gasteiger partial charge in [-0.05, 0) is 68.1 Å². The molecule has 2 heterocycles. The van der Waals surface area contributed by atoms with Crippen LogP contribution in [0.15, 0.2) is 47.6 Å². The summed E-state index contributed by atoms with van der Waals surface area (Å²) in [5.41, 5.74) is 1.58. The first-order chi connectivity index (χ1) is 13.2. The van der Waals surface area contributed by atoms with E-state index in [0.29, 0.717) is 28.9 Å². The summed E-state index contributed by atoms with van der Waals surface area (Å²) in [6.07, 6.45) is 18.4. The Hall–Kier alpha value is -2.34.